The molecule has 0 aliphatic carbocycles. The Morgan fingerprint density at radius 3 is 2.28 bits per heavy atom. The summed E-state index contributed by atoms with van der Waals surface area (Å²) in [7, 11) is 0. The summed E-state index contributed by atoms with van der Waals surface area (Å²) < 4.78 is 6.72. The van der Waals surface area contributed by atoms with Crippen LogP contribution in [0.15, 0.2) is 18.3 Å². The highest BCUT2D eigenvalue weighted by Crippen LogP contribution is 2.22. The first-order valence-electron chi connectivity index (χ1n) is 21.9. The molecule has 5 aromatic rings. The fourth-order valence-electron chi connectivity index (χ4n) is 8.07. The molecule has 18 heteroatoms. The van der Waals surface area contributed by atoms with Gasteiger partial charge >= 0.3 is 17.9 Å². The molecule has 18 nitrogen and oxygen atoms in total. The van der Waals surface area contributed by atoms with E-state index in [0.29, 0.717) is 38.1 Å². The largest absolute Gasteiger partial charge is 0.481 e. The first kappa shape index (κ1) is 47.4. The van der Waals surface area contributed by atoms with Gasteiger partial charge in [-0.05, 0) is 155 Å². The lowest BCUT2D eigenvalue weighted by Gasteiger charge is -2.20. The molecule has 8 N–H and O–H groups in total. The predicted octanol–water partition coefficient (Wildman–Crippen LogP) is 3.22. The number of aromatic amines is 4. The third kappa shape index (κ3) is 12.1. The molecule has 8 bridgehead atoms. The lowest BCUT2D eigenvalue weighted by Crippen LogP contribution is -2.47. The SMILES string of the molecule is Cc1cc2[nH]c1C=c1cc(C)c([nH]1)=Cc1[nH]c(c(CCC(=O)O)c1C)C=c1[nH]c(c(C)c1CCC(=O)NC(CCCCNC(=O)OC(C)(C)C)C(=O)NCCn1c([N+](=O)[O-])cnc1C)=C2. The molecule has 0 fully saturated rings. The first-order valence-corrected chi connectivity index (χ1v) is 21.9. The molecule has 6 rings (SSSR count). The van der Waals surface area contributed by atoms with Gasteiger partial charge in [0.15, 0.2) is 5.82 Å². The first-order chi connectivity index (χ1) is 30.8. The van der Waals surface area contributed by atoms with Gasteiger partial charge in [-0.25, -0.2) is 14.3 Å². The molecule has 0 aromatic carbocycles. The molecular weight excluding hydrogens is 833 g/mol. The summed E-state index contributed by atoms with van der Waals surface area (Å²) in [6.07, 6.45) is 10.6. The summed E-state index contributed by atoms with van der Waals surface area (Å²) in [4.78, 5) is 80.7. The van der Waals surface area contributed by atoms with Crippen LogP contribution < -0.4 is 37.3 Å². The number of nitrogens with one attached hydrogen (secondary N) is 7. The van der Waals surface area contributed by atoms with Crippen molar-refractivity contribution < 1.29 is 33.9 Å². The van der Waals surface area contributed by atoms with Crippen molar-refractivity contribution in [3.8, 4) is 0 Å². The van der Waals surface area contributed by atoms with Gasteiger partial charge in [0.25, 0.3) is 0 Å². The number of aryl methyl sites for hydroxylation is 3. The zero-order valence-electron chi connectivity index (χ0n) is 38.3. The Morgan fingerprint density at radius 1 is 0.815 bits per heavy atom. The fourth-order valence-corrected chi connectivity index (χ4v) is 8.07. The number of carboxylic acid groups (broad SMARTS) is 1. The number of fused-ring (bicyclic) bond motifs is 8. The third-order valence-corrected chi connectivity index (χ3v) is 11.5. The van der Waals surface area contributed by atoms with Gasteiger partial charge in [0.2, 0.25) is 11.8 Å². The van der Waals surface area contributed by atoms with Crippen LogP contribution in [-0.4, -0.2) is 88.1 Å². The third-order valence-electron chi connectivity index (χ3n) is 11.5. The quantitative estimate of drug-likeness (QED) is 0.0380. The van der Waals surface area contributed by atoms with Crippen LogP contribution in [0, 0.1) is 44.7 Å². The Balaban J connectivity index is 1.28. The molecule has 1 atom stereocenters. The number of nitrogens with zero attached hydrogens (tertiary/aromatic N) is 3. The van der Waals surface area contributed by atoms with E-state index in [1.54, 1.807) is 27.7 Å². The number of imidazole rings is 1. The Hall–Kier alpha value is -7.11. The van der Waals surface area contributed by atoms with E-state index in [4.69, 9.17) is 4.74 Å². The average Bonchev–Trinajstić information content (AvgIpc) is 4.00. The van der Waals surface area contributed by atoms with Crippen LogP contribution in [0.5, 0.6) is 0 Å². The second-order valence-electron chi connectivity index (χ2n) is 17.6. The lowest BCUT2D eigenvalue weighted by atomic mass is 10.0. The summed E-state index contributed by atoms with van der Waals surface area (Å²) in [6.45, 7) is 15.5. The number of H-pyrrole nitrogens is 4. The zero-order chi connectivity index (χ0) is 47.2. The van der Waals surface area contributed by atoms with Crippen molar-refractivity contribution in [1.29, 1.82) is 0 Å². The molecule has 0 saturated heterocycles. The molecule has 0 radical (unpaired) electrons. The van der Waals surface area contributed by atoms with Crippen molar-refractivity contribution in [2.75, 3.05) is 13.1 Å². The standard InChI is InChI=1S/C47H60N10O8/c1-26-19-32-22-38-28(3)33(40(53-38)24-41-34(13-15-44(59)60)29(4)39(54-41)23-37-27(2)20-31(52-37)21-36(26)51-32)12-14-42(58)55-35(11-9-10-16-49-46(62)65-47(6,7)8)45(61)48-17-18-56-30(5)50-25-43(56)57(63)64/h19-25,35,51-54H,9-18H2,1-8H3,(H,48,61)(H,49,62)(H,55,58)(H,59,60). The molecule has 0 spiro atoms. The van der Waals surface area contributed by atoms with Gasteiger partial charge in [0.05, 0.1) is 6.54 Å². The predicted molar refractivity (Wildman–Crippen MR) is 246 cm³/mol. The summed E-state index contributed by atoms with van der Waals surface area (Å²) in [5, 5.41) is 33.1. The van der Waals surface area contributed by atoms with Crippen molar-refractivity contribution in [2.24, 2.45) is 0 Å². The number of carbonyl (C=O) groups excluding carboxylic acids is 3. The maximum absolute atomic E-state index is 13.9. The number of unbranched alkanes of at least 4 members (excludes halogenated alkanes) is 1. The average molecular weight is 893 g/mol. The van der Waals surface area contributed by atoms with Crippen LogP contribution in [0.4, 0.5) is 10.6 Å². The maximum atomic E-state index is 13.9. The number of hydrogen-bond acceptors (Lipinski definition) is 8. The minimum atomic E-state index is -0.928. The molecule has 65 heavy (non-hydrogen) atoms. The highest BCUT2D eigenvalue weighted by molar-refractivity contribution is 5.87. The van der Waals surface area contributed by atoms with E-state index in [-0.39, 0.29) is 44.1 Å². The number of nitro groups is 1. The second kappa shape index (κ2) is 20.2. The van der Waals surface area contributed by atoms with E-state index in [1.165, 1.54) is 10.8 Å². The van der Waals surface area contributed by atoms with Crippen LogP contribution in [0.1, 0.15) is 115 Å². The molecule has 0 saturated carbocycles. The van der Waals surface area contributed by atoms with Crippen molar-refractivity contribution in [3.63, 3.8) is 0 Å². The smallest absolute Gasteiger partial charge is 0.407 e. The van der Waals surface area contributed by atoms with E-state index in [2.05, 4.69) is 59.1 Å². The fraction of sp³-hybridized carbons (Fsp3) is 0.426. The van der Waals surface area contributed by atoms with Gasteiger partial charge in [0, 0.05) is 70.5 Å². The molecular formula is C47H60N10O8. The number of ether oxygens (including phenoxy) is 1. The van der Waals surface area contributed by atoms with E-state index < -0.39 is 34.5 Å². The van der Waals surface area contributed by atoms with Gasteiger partial charge < -0.3 is 55.8 Å². The number of amides is 3. The van der Waals surface area contributed by atoms with Crippen LogP contribution in [0.25, 0.3) is 24.3 Å². The molecule has 3 amide bonds. The van der Waals surface area contributed by atoms with Crippen LogP contribution in [-0.2, 0) is 38.5 Å². The minimum absolute atomic E-state index is 0.0347. The number of rotatable bonds is 17. The van der Waals surface area contributed by atoms with Gasteiger partial charge in [-0.3, -0.25) is 14.4 Å². The van der Waals surface area contributed by atoms with Crippen molar-refractivity contribution >= 4 is 54.0 Å². The lowest BCUT2D eigenvalue weighted by molar-refractivity contribution is -0.392. The molecule has 1 aliphatic heterocycles. The number of aromatic nitrogens is 6. The van der Waals surface area contributed by atoms with Gasteiger partial charge in [-0.15, -0.1) is 0 Å². The van der Waals surface area contributed by atoms with E-state index in [9.17, 15) is 34.4 Å². The highest BCUT2D eigenvalue weighted by Gasteiger charge is 2.23. The van der Waals surface area contributed by atoms with Gasteiger partial charge in [0.1, 0.15) is 24.4 Å². The van der Waals surface area contributed by atoms with Gasteiger partial charge in [-0.2, -0.15) is 0 Å². The van der Waals surface area contributed by atoms with Crippen LogP contribution in [0.3, 0.4) is 0 Å². The number of carbonyl (C=O) groups is 4. The van der Waals surface area contributed by atoms with E-state index >= 15 is 0 Å². The minimum Gasteiger partial charge on any atom is -0.481 e. The molecule has 6 heterocycles. The van der Waals surface area contributed by atoms with Crippen molar-refractivity contribution in [2.45, 2.75) is 119 Å². The number of carboxylic acids is 1. The molecule has 1 unspecified atom stereocenters. The zero-order valence-corrected chi connectivity index (χ0v) is 38.3. The Morgan fingerprint density at radius 2 is 1.55 bits per heavy atom. The monoisotopic (exact) mass is 892 g/mol. The van der Waals surface area contributed by atoms with E-state index in [0.717, 1.165) is 77.6 Å². The molecule has 5 aromatic heterocycles. The Bertz CT molecular complexity index is 2860. The number of alkyl carbamates (subject to hydrolysis) is 1. The van der Waals surface area contributed by atoms with Crippen molar-refractivity contribution in [3.05, 3.63) is 112 Å². The summed E-state index contributed by atoms with van der Waals surface area (Å²) in [5.41, 5.74) is 8.51. The van der Waals surface area contributed by atoms with E-state index in [1.807, 2.05) is 45.9 Å². The summed E-state index contributed by atoms with van der Waals surface area (Å²) >= 11 is 0. The topological polar surface area (TPSA) is 258 Å². The van der Waals surface area contributed by atoms with Gasteiger partial charge in [-0.1, -0.05) is 0 Å². The number of hydrogen-bond donors (Lipinski definition) is 8. The maximum Gasteiger partial charge on any atom is 0.407 e. The summed E-state index contributed by atoms with van der Waals surface area (Å²) in [5.74, 6) is -1.47. The summed E-state index contributed by atoms with van der Waals surface area (Å²) in [6, 6.07) is 3.24. The Labute approximate surface area is 375 Å². The second-order valence-corrected chi connectivity index (χ2v) is 17.6. The Kier molecular flexibility index (Phi) is 14.7. The van der Waals surface area contributed by atoms with Crippen molar-refractivity contribution in [1.82, 2.24) is 45.4 Å². The van der Waals surface area contributed by atoms with Crippen LogP contribution >= 0.6 is 0 Å². The van der Waals surface area contributed by atoms with Crippen LogP contribution in [0.2, 0.25) is 0 Å². The normalized spacial score (nSPS) is 12.6. The number of aliphatic carboxylic acids is 1. The highest BCUT2D eigenvalue weighted by atomic mass is 16.6. The molecule has 346 valence electrons. The molecule has 1 aliphatic rings.